The quantitative estimate of drug-likeness (QED) is 0.363. The highest BCUT2D eigenvalue weighted by molar-refractivity contribution is 7.12. The number of rotatable bonds is 11. The number of hydrogen-bond acceptors (Lipinski definition) is 6. The summed E-state index contributed by atoms with van der Waals surface area (Å²) in [6, 6.07) is 14.9. The van der Waals surface area contributed by atoms with Crippen molar-refractivity contribution in [3.8, 4) is 11.5 Å². The number of benzene rings is 2. The molecule has 0 aliphatic carbocycles. The van der Waals surface area contributed by atoms with Gasteiger partial charge in [-0.1, -0.05) is 42.8 Å². The Bertz CT molecular complexity index is 1260. The van der Waals surface area contributed by atoms with Crippen LogP contribution in [-0.2, 0) is 9.59 Å². The van der Waals surface area contributed by atoms with Crippen LogP contribution in [0.1, 0.15) is 54.0 Å². The SMILES string of the molecule is CCC(C)(C)NC(=O)[C@@H](c1ccc(C)cc1)N(C(=O)CNC(=O)c1cccs1)c1ccc(OC)c(OC)c1. The van der Waals surface area contributed by atoms with E-state index in [4.69, 9.17) is 9.47 Å². The molecule has 0 aliphatic heterocycles. The third-order valence-corrected chi connectivity index (χ3v) is 7.17. The van der Waals surface area contributed by atoms with Crippen LogP contribution in [0, 0.1) is 6.92 Å². The van der Waals surface area contributed by atoms with Gasteiger partial charge in [-0.15, -0.1) is 11.3 Å². The molecule has 2 aromatic carbocycles. The van der Waals surface area contributed by atoms with Crippen LogP contribution >= 0.6 is 11.3 Å². The molecular formula is C29H35N3O5S. The molecule has 1 atom stereocenters. The Labute approximate surface area is 228 Å². The minimum Gasteiger partial charge on any atom is -0.493 e. The van der Waals surface area contributed by atoms with Crippen molar-refractivity contribution in [3.05, 3.63) is 76.0 Å². The fourth-order valence-corrected chi connectivity index (χ4v) is 4.44. The third kappa shape index (κ3) is 6.92. The van der Waals surface area contributed by atoms with Gasteiger partial charge in [0.25, 0.3) is 5.91 Å². The third-order valence-electron chi connectivity index (χ3n) is 6.30. The van der Waals surface area contributed by atoms with E-state index in [-0.39, 0.29) is 18.4 Å². The second-order valence-electron chi connectivity index (χ2n) is 9.50. The number of nitrogens with one attached hydrogen (secondary N) is 2. The largest absolute Gasteiger partial charge is 0.493 e. The van der Waals surface area contributed by atoms with Gasteiger partial charge in [0, 0.05) is 17.3 Å². The molecule has 0 spiro atoms. The molecule has 0 saturated carbocycles. The summed E-state index contributed by atoms with van der Waals surface area (Å²) in [7, 11) is 3.03. The number of nitrogens with zero attached hydrogens (tertiary/aromatic N) is 1. The molecule has 0 radical (unpaired) electrons. The van der Waals surface area contributed by atoms with Gasteiger partial charge in [-0.3, -0.25) is 19.3 Å². The number of anilines is 1. The highest BCUT2D eigenvalue weighted by atomic mass is 32.1. The summed E-state index contributed by atoms with van der Waals surface area (Å²) in [5.74, 6) is -0.268. The van der Waals surface area contributed by atoms with E-state index in [1.54, 1.807) is 35.7 Å². The first-order valence-corrected chi connectivity index (χ1v) is 13.2. The van der Waals surface area contributed by atoms with E-state index in [1.807, 2.05) is 52.0 Å². The number of thiophene rings is 1. The molecule has 0 unspecified atom stereocenters. The second-order valence-corrected chi connectivity index (χ2v) is 10.5. The highest BCUT2D eigenvalue weighted by Gasteiger charge is 2.35. The summed E-state index contributed by atoms with van der Waals surface area (Å²) in [4.78, 5) is 42.2. The second kappa shape index (κ2) is 12.6. The van der Waals surface area contributed by atoms with Crippen molar-refractivity contribution in [2.75, 3.05) is 25.7 Å². The van der Waals surface area contributed by atoms with Crippen molar-refractivity contribution in [1.29, 1.82) is 0 Å². The summed E-state index contributed by atoms with van der Waals surface area (Å²) in [5.41, 5.74) is 1.58. The van der Waals surface area contributed by atoms with Crippen molar-refractivity contribution in [1.82, 2.24) is 10.6 Å². The minimum atomic E-state index is -1.01. The lowest BCUT2D eigenvalue weighted by molar-refractivity contribution is -0.127. The van der Waals surface area contributed by atoms with Crippen LogP contribution in [0.4, 0.5) is 5.69 Å². The van der Waals surface area contributed by atoms with Crippen molar-refractivity contribution in [2.24, 2.45) is 0 Å². The monoisotopic (exact) mass is 537 g/mol. The van der Waals surface area contributed by atoms with Crippen LogP contribution in [0.5, 0.6) is 11.5 Å². The number of ether oxygens (including phenoxy) is 2. The van der Waals surface area contributed by atoms with Crippen LogP contribution in [0.3, 0.4) is 0 Å². The summed E-state index contributed by atoms with van der Waals surface area (Å²) in [6.45, 7) is 7.49. The minimum absolute atomic E-state index is 0.308. The molecule has 202 valence electrons. The average molecular weight is 538 g/mol. The number of carbonyl (C=O) groups excluding carboxylic acids is 3. The first-order valence-electron chi connectivity index (χ1n) is 12.3. The fraction of sp³-hybridized carbons (Fsp3) is 0.345. The lowest BCUT2D eigenvalue weighted by atomic mass is 9.97. The first kappa shape index (κ1) is 28.7. The van der Waals surface area contributed by atoms with Crippen molar-refractivity contribution in [3.63, 3.8) is 0 Å². The van der Waals surface area contributed by atoms with Gasteiger partial charge >= 0.3 is 0 Å². The molecule has 1 aromatic heterocycles. The van der Waals surface area contributed by atoms with Crippen LogP contribution in [0.25, 0.3) is 0 Å². The average Bonchev–Trinajstić information content (AvgIpc) is 3.45. The summed E-state index contributed by atoms with van der Waals surface area (Å²) < 4.78 is 10.9. The van der Waals surface area contributed by atoms with E-state index in [0.717, 1.165) is 5.56 Å². The Morgan fingerprint density at radius 3 is 2.26 bits per heavy atom. The lowest BCUT2D eigenvalue weighted by Gasteiger charge is -2.35. The number of aryl methyl sites for hydroxylation is 1. The van der Waals surface area contributed by atoms with Gasteiger partial charge in [0.1, 0.15) is 6.04 Å². The zero-order chi connectivity index (χ0) is 27.9. The van der Waals surface area contributed by atoms with E-state index in [1.165, 1.54) is 30.5 Å². The number of amides is 3. The molecule has 0 aliphatic rings. The standard InChI is InChI=1S/C29H35N3O5S/c1-7-29(3,4)31-28(35)26(20-12-10-19(2)11-13-20)32(21-14-15-22(36-5)23(17-21)37-6)25(33)18-30-27(34)24-9-8-16-38-24/h8-17,26H,7,18H2,1-6H3,(H,30,34)(H,31,35)/t26-/m1/s1. The van der Waals surface area contributed by atoms with Gasteiger partial charge in [-0.2, -0.15) is 0 Å². The lowest BCUT2D eigenvalue weighted by Crippen LogP contribution is -2.52. The van der Waals surface area contributed by atoms with Crippen LogP contribution < -0.4 is 25.0 Å². The van der Waals surface area contributed by atoms with Gasteiger partial charge in [0.15, 0.2) is 11.5 Å². The highest BCUT2D eigenvalue weighted by Crippen LogP contribution is 2.36. The maximum atomic E-state index is 13.9. The van der Waals surface area contributed by atoms with Gasteiger partial charge < -0.3 is 20.1 Å². The molecule has 3 rings (SSSR count). The Morgan fingerprint density at radius 2 is 1.68 bits per heavy atom. The van der Waals surface area contributed by atoms with Gasteiger partial charge in [-0.25, -0.2) is 0 Å². The molecule has 0 saturated heterocycles. The van der Waals surface area contributed by atoms with Gasteiger partial charge in [-0.05, 0) is 56.3 Å². The molecule has 8 nitrogen and oxygen atoms in total. The Balaban J connectivity index is 2.10. The molecule has 38 heavy (non-hydrogen) atoms. The maximum Gasteiger partial charge on any atom is 0.261 e. The number of hydrogen-bond donors (Lipinski definition) is 2. The molecule has 2 N–H and O–H groups in total. The van der Waals surface area contributed by atoms with Crippen molar-refractivity contribution in [2.45, 2.75) is 45.7 Å². The zero-order valence-electron chi connectivity index (χ0n) is 22.7. The predicted molar refractivity (Wildman–Crippen MR) is 150 cm³/mol. The summed E-state index contributed by atoms with van der Waals surface area (Å²) in [5, 5.41) is 7.57. The maximum absolute atomic E-state index is 13.9. The Hall–Kier alpha value is -3.85. The van der Waals surface area contributed by atoms with E-state index in [2.05, 4.69) is 10.6 Å². The molecule has 3 aromatic rings. The fourth-order valence-electron chi connectivity index (χ4n) is 3.80. The van der Waals surface area contributed by atoms with Gasteiger partial charge in [0.05, 0.1) is 25.6 Å². The van der Waals surface area contributed by atoms with Crippen LogP contribution in [-0.4, -0.2) is 44.0 Å². The molecule has 0 bridgehead atoms. The van der Waals surface area contributed by atoms with E-state index < -0.39 is 17.5 Å². The molecule has 0 fully saturated rings. The number of methoxy groups -OCH3 is 2. The van der Waals surface area contributed by atoms with Crippen molar-refractivity contribution >= 4 is 34.7 Å². The molecule has 3 amide bonds. The first-order chi connectivity index (χ1) is 18.1. The van der Waals surface area contributed by atoms with Crippen molar-refractivity contribution < 1.29 is 23.9 Å². The van der Waals surface area contributed by atoms with E-state index in [0.29, 0.717) is 34.0 Å². The van der Waals surface area contributed by atoms with Crippen LogP contribution in [0.2, 0.25) is 0 Å². The Morgan fingerprint density at radius 1 is 1.00 bits per heavy atom. The van der Waals surface area contributed by atoms with E-state index in [9.17, 15) is 14.4 Å². The smallest absolute Gasteiger partial charge is 0.261 e. The summed E-state index contributed by atoms with van der Waals surface area (Å²) >= 11 is 1.28. The van der Waals surface area contributed by atoms with E-state index >= 15 is 0 Å². The summed E-state index contributed by atoms with van der Waals surface area (Å²) in [6.07, 6.45) is 0.695. The molecule has 9 heteroatoms. The molecule has 1 heterocycles. The number of carbonyl (C=O) groups is 3. The normalized spacial score (nSPS) is 11.8. The zero-order valence-corrected chi connectivity index (χ0v) is 23.5. The van der Waals surface area contributed by atoms with Crippen LogP contribution in [0.15, 0.2) is 60.0 Å². The Kier molecular flexibility index (Phi) is 9.52. The molecular weight excluding hydrogens is 502 g/mol. The topological polar surface area (TPSA) is 97.0 Å². The van der Waals surface area contributed by atoms with Gasteiger partial charge in [0.2, 0.25) is 11.8 Å². The predicted octanol–water partition coefficient (Wildman–Crippen LogP) is 4.88.